The summed E-state index contributed by atoms with van der Waals surface area (Å²) in [5.41, 5.74) is 3.44. The first-order chi connectivity index (χ1) is 13.4. The zero-order valence-electron chi connectivity index (χ0n) is 17.1. The summed E-state index contributed by atoms with van der Waals surface area (Å²) < 4.78 is 11.0. The van der Waals surface area contributed by atoms with Crippen molar-refractivity contribution in [1.29, 1.82) is 0 Å². The Hall–Kier alpha value is -2.82. The second-order valence-electron chi connectivity index (χ2n) is 7.27. The van der Waals surface area contributed by atoms with Crippen molar-refractivity contribution in [3.05, 3.63) is 59.2 Å². The highest BCUT2D eigenvalue weighted by molar-refractivity contribution is 5.93. The highest BCUT2D eigenvalue weighted by atomic mass is 16.5. The molecule has 1 N–H and O–H groups in total. The number of nitrogens with one attached hydrogen (secondary N) is 1. The van der Waals surface area contributed by atoms with E-state index in [1.165, 1.54) is 5.56 Å². The molecule has 0 bridgehead atoms. The highest BCUT2D eigenvalue weighted by Gasteiger charge is 2.09. The lowest BCUT2D eigenvalue weighted by atomic mass is 10.1. The van der Waals surface area contributed by atoms with E-state index in [1.54, 1.807) is 24.3 Å². The van der Waals surface area contributed by atoms with E-state index < -0.39 is 0 Å². The molecule has 0 radical (unpaired) electrons. The average Bonchev–Trinajstić information content (AvgIpc) is 2.67. The molecule has 0 aliphatic carbocycles. The van der Waals surface area contributed by atoms with Gasteiger partial charge >= 0.3 is 5.97 Å². The largest absolute Gasteiger partial charge is 0.493 e. The smallest absolute Gasteiger partial charge is 0.338 e. The van der Waals surface area contributed by atoms with Crippen LogP contribution < -0.4 is 10.1 Å². The fourth-order valence-corrected chi connectivity index (χ4v) is 2.53. The van der Waals surface area contributed by atoms with E-state index in [0.29, 0.717) is 43.2 Å². The van der Waals surface area contributed by atoms with Gasteiger partial charge in [0, 0.05) is 12.1 Å². The van der Waals surface area contributed by atoms with Gasteiger partial charge in [-0.15, -0.1) is 0 Å². The number of amides is 1. The number of carbonyl (C=O) groups excluding carboxylic acids is 2. The van der Waals surface area contributed by atoms with Crippen molar-refractivity contribution in [2.45, 2.75) is 40.5 Å². The maximum atomic E-state index is 12.1. The second kappa shape index (κ2) is 10.5. The van der Waals surface area contributed by atoms with Crippen LogP contribution in [0, 0.1) is 19.8 Å². The van der Waals surface area contributed by atoms with Crippen molar-refractivity contribution in [3.8, 4) is 5.75 Å². The van der Waals surface area contributed by atoms with Crippen molar-refractivity contribution in [2.24, 2.45) is 5.92 Å². The van der Waals surface area contributed by atoms with Gasteiger partial charge in [-0.05, 0) is 67.6 Å². The number of ether oxygens (including phenoxy) is 2. The van der Waals surface area contributed by atoms with Crippen LogP contribution in [0.15, 0.2) is 42.5 Å². The van der Waals surface area contributed by atoms with Gasteiger partial charge in [-0.25, -0.2) is 4.79 Å². The number of esters is 1. The third-order valence-corrected chi connectivity index (χ3v) is 4.31. The van der Waals surface area contributed by atoms with Gasteiger partial charge in [0.25, 0.3) is 0 Å². The minimum absolute atomic E-state index is 0.0836. The molecule has 5 nitrogen and oxygen atoms in total. The summed E-state index contributed by atoms with van der Waals surface area (Å²) in [5, 5.41) is 2.83. The fraction of sp³-hybridized carbons (Fsp3) is 0.391. The lowest BCUT2D eigenvalue weighted by Gasteiger charge is -2.11. The molecule has 0 heterocycles. The second-order valence-corrected chi connectivity index (χ2v) is 7.27. The fourth-order valence-electron chi connectivity index (χ4n) is 2.53. The number of carbonyl (C=O) groups is 2. The maximum absolute atomic E-state index is 12.1. The van der Waals surface area contributed by atoms with E-state index in [-0.39, 0.29) is 11.9 Å². The standard InChI is InChI=1S/C23H29NO4/c1-16(2)15-28-23(26)19-10-12-20(13-11-19)24-22(25)9-6-14-27-21-8-5-7-17(3)18(21)4/h5,7-8,10-13,16H,6,9,14-15H2,1-4H3,(H,24,25). The van der Waals surface area contributed by atoms with E-state index in [2.05, 4.69) is 5.32 Å². The zero-order chi connectivity index (χ0) is 20.5. The summed E-state index contributed by atoms with van der Waals surface area (Å²) in [4.78, 5) is 24.0. The Kier molecular flexibility index (Phi) is 8.05. The Bertz CT molecular complexity index is 797. The number of hydrogen-bond donors (Lipinski definition) is 1. The number of anilines is 1. The molecule has 5 heteroatoms. The predicted octanol–water partition coefficient (Wildman–Crippen LogP) is 4.91. The minimum Gasteiger partial charge on any atom is -0.493 e. The molecule has 28 heavy (non-hydrogen) atoms. The first kappa shape index (κ1) is 21.5. The molecular weight excluding hydrogens is 354 g/mol. The Morgan fingerprint density at radius 3 is 2.43 bits per heavy atom. The van der Waals surface area contributed by atoms with Gasteiger partial charge < -0.3 is 14.8 Å². The Balaban J connectivity index is 1.74. The monoisotopic (exact) mass is 383 g/mol. The zero-order valence-corrected chi connectivity index (χ0v) is 17.1. The summed E-state index contributed by atoms with van der Waals surface area (Å²) in [5.74, 6) is 0.719. The lowest BCUT2D eigenvalue weighted by Crippen LogP contribution is -2.13. The van der Waals surface area contributed by atoms with E-state index in [4.69, 9.17) is 9.47 Å². The summed E-state index contributed by atoms with van der Waals surface area (Å²) >= 11 is 0. The molecule has 0 atom stereocenters. The van der Waals surface area contributed by atoms with Crippen LogP contribution in [0.3, 0.4) is 0 Å². The predicted molar refractivity (Wildman–Crippen MR) is 111 cm³/mol. The van der Waals surface area contributed by atoms with E-state index >= 15 is 0 Å². The van der Waals surface area contributed by atoms with Crippen molar-refractivity contribution in [1.82, 2.24) is 0 Å². The molecule has 150 valence electrons. The molecule has 0 spiro atoms. The average molecular weight is 383 g/mol. The molecular formula is C23H29NO4. The Labute approximate surface area is 167 Å². The molecule has 0 aliphatic rings. The van der Waals surface area contributed by atoms with Gasteiger partial charge in [0.2, 0.25) is 5.91 Å². The van der Waals surface area contributed by atoms with Crippen LogP contribution in [0.1, 0.15) is 48.2 Å². The third kappa shape index (κ3) is 6.72. The molecule has 2 aromatic rings. The van der Waals surface area contributed by atoms with Gasteiger partial charge in [0.05, 0.1) is 18.8 Å². The summed E-state index contributed by atoms with van der Waals surface area (Å²) in [7, 11) is 0. The molecule has 2 aromatic carbocycles. The molecule has 0 saturated heterocycles. The third-order valence-electron chi connectivity index (χ3n) is 4.31. The van der Waals surface area contributed by atoms with Crippen LogP contribution in [0.4, 0.5) is 5.69 Å². The quantitative estimate of drug-likeness (QED) is 0.493. The molecule has 0 fully saturated rings. The van der Waals surface area contributed by atoms with Crippen molar-refractivity contribution in [2.75, 3.05) is 18.5 Å². The number of aryl methyl sites for hydroxylation is 1. The van der Waals surface area contributed by atoms with Gasteiger partial charge in [0.1, 0.15) is 5.75 Å². The molecule has 0 aromatic heterocycles. The number of rotatable bonds is 9. The lowest BCUT2D eigenvalue weighted by molar-refractivity contribution is -0.116. The van der Waals surface area contributed by atoms with E-state index in [1.807, 2.05) is 45.9 Å². The van der Waals surface area contributed by atoms with Crippen LogP contribution in [0.5, 0.6) is 5.75 Å². The topological polar surface area (TPSA) is 64.6 Å². The maximum Gasteiger partial charge on any atom is 0.338 e. The Morgan fingerprint density at radius 1 is 1.04 bits per heavy atom. The van der Waals surface area contributed by atoms with Gasteiger partial charge in [-0.2, -0.15) is 0 Å². The summed E-state index contributed by atoms with van der Waals surface area (Å²) in [6, 6.07) is 12.7. The number of hydrogen-bond acceptors (Lipinski definition) is 4. The van der Waals surface area contributed by atoms with Crippen molar-refractivity contribution in [3.63, 3.8) is 0 Å². The molecule has 0 aliphatic heterocycles. The SMILES string of the molecule is Cc1cccc(OCCCC(=O)Nc2ccc(C(=O)OCC(C)C)cc2)c1C. The van der Waals surface area contributed by atoms with E-state index in [9.17, 15) is 9.59 Å². The van der Waals surface area contributed by atoms with Crippen LogP contribution in [-0.4, -0.2) is 25.1 Å². The van der Waals surface area contributed by atoms with Crippen LogP contribution >= 0.6 is 0 Å². The first-order valence-corrected chi connectivity index (χ1v) is 9.63. The molecule has 1 amide bonds. The molecule has 0 unspecified atom stereocenters. The van der Waals surface area contributed by atoms with Gasteiger partial charge in [-0.3, -0.25) is 4.79 Å². The van der Waals surface area contributed by atoms with Gasteiger partial charge in [-0.1, -0.05) is 26.0 Å². The van der Waals surface area contributed by atoms with Crippen LogP contribution in [0.25, 0.3) is 0 Å². The highest BCUT2D eigenvalue weighted by Crippen LogP contribution is 2.20. The molecule has 0 saturated carbocycles. The normalized spacial score (nSPS) is 10.6. The molecule has 2 rings (SSSR count). The van der Waals surface area contributed by atoms with Gasteiger partial charge in [0.15, 0.2) is 0 Å². The van der Waals surface area contributed by atoms with E-state index in [0.717, 1.165) is 11.3 Å². The first-order valence-electron chi connectivity index (χ1n) is 9.63. The van der Waals surface area contributed by atoms with Crippen LogP contribution in [-0.2, 0) is 9.53 Å². The summed E-state index contributed by atoms with van der Waals surface area (Å²) in [6.07, 6.45) is 0.988. The van der Waals surface area contributed by atoms with Crippen LogP contribution in [0.2, 0.25) is 0 Å². The summed E-state index contributed by atoms with van der Waals surface area (Å²) in [6.45, 7) is 8.92. The number of benzene rings is 2. The minimum atomic E-state index is -0.352. The Morgan fingerprint density at radius 2 is 1.75 bits per heavy atom. The van der Waals surface area contributed by atoms with Crippen molar-refractivity contribution < 1.29 is 19.1 Å². The van der Waals surface area contributed by atoms with Crippen molar-refractivity contribution >= 4 is 17.6 Å².